The van der Waals surface area contributed by atoms with Gasteiger partial charge in [-0.25, -0.2) is 0 Å². The summed E-state index contributed by atoms with van der Waals surface area (Å²) in [5.74, 6) is 0.975. The lowest BCUT2D eigenvalue weighted by molar-refractivity contribution is 0.167. The second kappa shape index (κ2) is 6.70. The summed E-state index contributed by atoms with van der Waals surface area (Å²) in [4.78, 5) is 3.64. The Bertz CT molecular complexity index is 495. The molecule has 3 nitrogen and oxygen atoms in total. The van der Waals surface area contributed by atoms with Crippen LogP contribution in [0.4, 0.5) is 0 Å². The van der Waals surface area contributed by atoms with Crippen molar-refractivity contribution in [3.8, 4) is 0 Å². The molecule has 2 heterocycles. The minimum atomic E-state index is 0.0699. The number of hydrogen-bond donors (Lipinski definition) is 1. The Morgan fingerprint density at radius 2 is 2.21 bits per heavy atom. The lowest BCUT2D eigenvalue weighted by atomic mass is 10.1. The SMILES string of the molecule is CCN(Cc1ccco1)C(c1ccc(Br)s1)C(C)N. The normalized spacial score (nSPS) is 14.8. The van der Waals surface area contributed by atoms with Crippen molar-refractivity contribution >= 4 is 27.3 Å². The quantitative estimate of drug-likeness (QED) is 0.862. The Hall–Kier alpha value is -0.620. The van der Waals surface area contributed by atoms with Crippen molar-refractivity contribution in [2.75, 3.05) is 6.54 Å². The molecule has 104 valence electrons. The van der Waals surface area contributed by atoms with E-state index in [1.807, 2.05) is 12.1 Å². The van der Waals surface area contributed by atoms with Gasteiger partial charge in [0.05, 0.1) is 22.6 Å². The highest BCUT2D eigenvalue weighted by molar-refractivity contribution is 9.11. The molecular weight excluding hydrogens is 324 g/mol. The van der Waals surface area contributed by atoms with Crippen LogP contribution in [0.25, 0.3) is 0 Å². The van der Waals surface area contributed by atoms with Gasteiger partial charge in [-0.1, -0.05) is 6.92 Å². The largest absolute Gasteiger partial charge is 0.468 e. The van der Waals surface area contributed by atoms with Crippen LogP contribution in [0.5, 0.6) is 0 Å². The molecular formula is C14H19BrN2OS. The van der Waals surface area contributed by atoms with Gasteiger partial charge < -0.3 is 10.2 Å². The Balaban J connectivity index is 2.21. The fourth-order valence-corrected chi connectivity index (χ4v) is 3.94. The van der Waals surface area contributed by atoms with E-state index in [0.29, 0.717) is 0 Å². The molecule has 2 atom stereocenters. The summed E-state index contributed by atoms with van der Waals surface area (Å²) in [5.41, 5.74) is 6.20. The molecule has 0 aromatic carbocycles. The Morgan fingerprint density at radius 3 is 2.68 bits per heavy atom. The zero-order valence-corrected chi connectivity index (χ0v) is 13.6. The summed E-state index contributed by atoms with van der Waals surface area (Å²) in [6.07, 6.45) is 1.71. The summed E-state index contributed by atoms with van der Waals surface area (Å²) >= 11 is 5.27. The summed E-state index contributed by atoms with van der Waals surface area (Å²) in [6.45, 7) is 5.93. The Morgan fingerprint density at radius 1 is 1.42 bits per heavy atom. The van der Waals surface area contributed by atoms with Gasteiger partial charge in [-0.2, -0.15) is 0 Å². The highest BCUT2D eigenvalue weighted by Crippen LogP contribution is 2.33. The third kappa shape index (κ3) is 3.69. The maximum Gasteiger partial charge on any atom is 0.117 e. The average Bonchev–Trinajstić information content (AvgIpc) is 3.00. The van der Waals surface area contributed by atoms with Crippen molar-refractivity contribution in [3.05, 3.63) is 45.0 Å². The van der Waals surface area contributed by atoms with Gasteiger partial charge in [0.2, 0.25) is 0 Å². The highest BCUT2D eigenvalue weighted by atomic mass is 79.9. The second-order valence-electron chi connectivity index (χ2n) is 4.59. The molecule has 2 aromatic rings. The number of rotatable bonds is 6. The van der Waals surface area contributed by atoms with Crippen molar-refractivity contribution in [3.63, 3.8) is 0 Å². The molecule has 0 radical (unpaired) electrons. The van der Waals surface area contributed by atoms with Gasteiger partial charge in [-0.15, -0.1) is 11.3 Å². The third-order valence-electron chi connectivity index (χ3n) is 3.12. The second-order valence-corrected chi connectivity index (χ2v) is 7.08. The van der Waals surface area contributed by atoms with E-state index in [0.717, 1.165) is 22.6 Å². The number of halogens is 1. The van der Waals surface area contributed by atoms with E-state index in [1.54, 1.807) is 17.6 Å². The van der Waals surface area contributed by atoms with Crippen molar-refractivity contribution in [2.24, 2.45) is 5.73 Å². The molecule has 2 unspecified atom stereocenters. The van der Waals surface area contributed by atoms with E-state index >= 15 is 0 Å². The van der Waals surface area contributed by atoms with Gasteiger partial charge in [0.1, 0.15) is 5.76 Å². The molecule has 2 N–H and O–H groups in total. The number of thiophene rings is 1. The molecule has 2 rings (SSSR count). The van der Waals surface area contributed by atoms with Crippen LogP contribution in [0.15, 0.2) is 38.7 Å². The summed E-state index contributed by atoms with van der Waals surface area (Å²) < 4.78 is 6.59. The molecule has 19 heavy (non-hydrogen) atoms. The summed E-state index contributed by atoms with van der Waals surface area (Å²) in [5, 5.41) is 0. The zero-order chi connectivity index (χ0) is 13.8. The highest BCUT2D eigenvalue weighted by Gasteiger charge is 2.25. The van der Waals surface area contributed by atoms with Crippen LogP contribution < -0.4 is 5.73 Å². The molecule has 0 bridgehead atoms. The van der Waals surface area contributed by atoms with Gasteiger partial charge >= 0.3 is 0 Å². The summed E-state index contributed by atoms with van der Waals surface area (Å²) in [7, 11) is 0. The first-order chi connectivity index (χ1) is 9.11. The fraction of sp³-hybridized carbons (Fsp3) is 0.429. The van der Waals surface area contributed by atoms with Gasteiger partial charge in [0, 0.05) is 10.9 Å². The number of nitrogens with two attached hydrogens (primary N) is 1. The molecule has 0 aliphatic rings. The van der Waals surface area contributed by atoms with Crippen molar-refractivity contribution in [1.29, 1.82) is 0 Å². The van der Waals surface area contributed by atoms with E-state index in [4.69, 9.17) is 10.2 Å². The van der Waals surface area contributed by atoms with E-state index < -0.39 is 0 Å². The number of nitrogens with zero attached hydrogens (tertiary/aromatic N) is 1. The minimum Gasteiger partial charge on any atom is -0.468 e. The molecule has 2 aromatic heterocycles. The first-order valence-electron chi connectivity index (χ1n) is 6.39. The third-order valence-corrected chi connectivity index (χ3v) is 4.82. The Labute approximate surface area is 126 Å². The predicted molar refractivity (Wildman–Crippen MR) is 83.2 cm³/mol. The van der Waals surface area contributed by atoms with Crippen LogP contribution in [-0.2, 0) is 6.54 Å². The van der Waals surface area contributed by atoms with E-state index in [-0.39, 0.29) is 12.1 Å². The van der Waals surface area contributed by atoms with E-state index in [1.165, 1.54) is 4.88 Å². The molecule has 0 spiro atoms. The first-order valence-corrected chi connectivity index (χ1v) is 8.00. The number of furan rings is 1. The smallest absolute Gasteiger partial charge is 0.117 e. The maximum atomic E-state index is 6.20. The molecule has 0 saturated carbocycles. The number of hydrogen-bond acceptors (Lipinski definition) is 4. The lowest BCUT2D eigenvalue weighted by Crippen LogP contribution is -2.38. The van der Waals surface area contributed by atoms with Crippen LogP contribution in [-0.4, -0.2) is 17.5 Å². The molecule has 0 fully saturated rings. The summed E-state index contributed by atoms with van der Waals surface area (Å²) in [6, 6.07) is 8.44. The molecule has 5 heteroatoms. The first kappa shape index (κ1) is 14.8. The zero-order valence-electron chi connectivity index (χ0n) is 11.2. The molecule has 0 aliphatic carbocycles. The standard InChI is InChI=1S/C14H19BrN2OS/c1-3-17(9-11-5-4-8-18-11)14(10(2)16)12-6-7-13(15)19-12/h4-8,10,14H,3,9,16H2,1-2H3. The number of likely N-dealkylation sites (N-methyl/N-ethyl adjacent to an activating group) is 1. The Kier molecular flexibility index (Phi) is 5.21. The van der Waals surface area contributed by atoms with Crippen molar-refractivity contribution < 1.29 is 4.42 Å². The average molecular weight is 343 g/mol. The topological polar surface area (TPSA) is 42.4 Å². The van der Waals surface area contributed by atoms with Crippen LogP contribution >= 0.6 is 27.3 Å². The molecule has 0 aliphatic heterocycles. The maximum absolute atomic E-state index is 6.20. The van der Waals surface area contributed by atoms with Gasteiger partial charge in [0.25, 0.3) is 0 Å². The van der Waals surface area contributed by atoms with E-state index in [9.17, 15) is 0 Å². The van der Waals surface area contributed by atoms with Crippen molar-refractivity contribution in [2.45, 2.75) is 32.5 Å². The van der Waals surface area contributed by atoms with Gasteiger partial charge in [0.15, 0.2) is 0 Å². The lowest BCUT2D eigenvalue weighted by Gasteiger charge is -2.32. The fourth-order valence-electron chi connectivity index (χ4n) is 2.27. The minimum absolute atomic E-state index is 0.0699. The van der Waals surface area contributed by atoms with Crippen LogP contribution in [0.1, 0.15) is 30.5 Å². The van der Waals surface area contributed by atoms with Crippen LogP contribution in [0.2, 0.25) is 0 Å². The van der Waals surface area contributed by atoms with Crippen LogP contribution in [0, 0.1) is 0 Å². The molecule has 0 saturated heterocycles. The van der Waals surface area contributed by atoms with Crippen molar-refractivity contribution in [1.82, 2.24) is 4.90 Å². The molecule has 0 amide bonds. The van der Waals surface area contributed by atoms with Gasteiger partial charge in [-0.3, -0.25) is 4.90 Å². The van der Waals surface area contributed by atoms with E-state index in [2.05, 4.69) is 46.8 Å². The monoisotopic (exact) mass is 342 g/mol. The van der Waals surface area contributed by atoms with Gasteiger partial charge in [-0.05, 0) is 53.7 Å². The predicted octanol–water partition coefficient (Wildman–Crippen LogP) is 4.01. The van der Waals surface area contributed by atoms with Crippen LogP contribution in [0.3, 0.4) is 0 Å².